The second kappa shape index (κ2) is 4.24. The van der Waals surface area contributed by atoms with E-state index in [0.717, 1.165) is 6.08 Å². The quantitative estimate of drug-likeness (QED) is 0.770. The molecule has 2 N–H and O–H groups in total. The normalized spacial score (nSPS) is 27.6. The van der Waals surface area contributed by atoms with Gasteiger partial charge in [0.05, 0.1) is 5.56 Å². The number of hydrogen-bond donors (Lipinski definition) is 2. The number of ketones is 2. The molecule has 1 aromatic rings. The molecule has 1 aliphatic carbocycles. The number of aryl methyl sites for hydroxylation is 1. The third-order valence-electron chi connectivity index (χ3n) is 4.11. The van der Waals surface area contributed by atoms with Gasteiger partial charge in [-0.25, -0.2) is 0 Å². The first kappa shape index (κ1) is 13.9. The number of rotatable bonds is 0. The molecule has 1 heterocycles. The van der Waals surface area contributed by atoms with Crippen LogP contribution in [0.15, 0.2) is 17.9 Å². The van der Waals surface area contributed by atoms with E-state index in [-0.39, 0.29) is 34.3 Å². The number of carbonyl (C=O) groups is 2. The molecule has 2 atom stereocenters. The lowest BCUT2D eigenvalue weighted by Crippen LogP contribution is -2.51. The lowest BCUT2D eigenvalue weighted by molar-refractivity contribution is -0.118. The van der Waals surface area contributed by atoms with Crippen molar-refractivity contribution < 1.29 is 24.5 Å². The number of benzene rings is 1. The minimum absolute atomic E-state index is 0.0558. The van der Waals surface area contributed by atoms with Crippen molar-refractivity contribution in [3.8, 4) is 11.5 Å². The van der Waals surface area contributed by atoms with Gasteiger partial charge in [-0.3, -0.25) is 9.59 Å². The number of hydrogen-bond acceptors (Lipinski definition) is 5. The molecule has 1 aliphatic heterocycles. The molecule has 0 saturated carbocycles. The van der Waals surface area contributed by atoms with Gasteiger partial charge in [0.2, 0.25) is 11.4 Å². The van der Waals surface area contributed by atoms with Crippen molar-refractivity contribution in [2.75, 3.05) is 0 Å². The molecule has 110 valence electrons. The van der Waals surface area contributed by atoms with Crippen LogP contribution in [0, 0.1) is 12.8 Å². The summed E-state index contributed by atoms with van der Waals surface area (Å²) in [5.74, 6) is -1.79. The minimum atomic E-state index is -1.63. The molecule has 0 amide bonds. The molecule has 1 spiro atoms. The van der Waals surface area contributed by atoms with E-state index in [2.05, 4.69) is 0 Å². The van der Waals surface area contributed by atoms with Crippen molar-refractivity contribution >= 4 is 23.2 Å². The average Bonchev–Trinajstić information content (AvgIpc) is 2.69. The summed E-state index contributed by atoms with van der Waals surface area (Å²) in [6.07, 6.45) is 1.11. The first-order valence-electron chi connectivity index (χ1n) is 6.49. The summed E-state index contributed by atoms with van der Waals surface area (Å²) in [6.45, 7) is 3.31. The van der Waals surface area contributed by atoms with Gasteiger partial charge in [0.1, 0.15) is 16.5 Å². The van der Waals surface area contributed by atoms with E-state index in [9.17, 15) is 19.8 Å². The van der Waals surface area contributed by atoms with Gasteiger partial charge in [0.25, 0.3) is 0 Å². The van der Waals surface area contributed by atoms with Crippen molar-refractivity contribution in [3.63, 3.8) is 0 Å². The maximum Gasteiger partial charge on any atom is 0.230 e. The SMILES string of the molecule is Cc1cc(O)c(Cl)c2c1C(=O)[C@@]1(O2)C(O)=CC(=O)C[C@H]1C. The molecule has 21 heavy (non-hydrogen) atoms. The minimum Gasteiger partial charge on any atom is -0.507 e. The van der Waals surface area contributed by atoms with E-state index in [1.54, 1.807) is 13.8 Å². The zero-order valence-electron chi connectivity index (χ0n) is 11.4. The van der Waals surface area contributed by atoms with E-state index in [0.29, 0.717) is 5.56 Å². The fraction of sp³-hybridized carbons (Fsp3) is 0.333. The molecule has 0 radical (unpaired) electrons. The Morgan fingerprint density at radius 1 is 1.38 bits per heavy atom. The highest BCUT2D eigenvalue weighted by Crippen LogP contribution is 2.51. The Hall–Kier alpha value is -2.01. The summed E-state index contributed by atoms with van der Waals surface area (Å²) >= 11 is 6.01. The largest absolute Gasteiger partial charge is 0.507 e. The molecule has 0 aromatic heterocycles. The molecular formula is C15H13ClO5. The smallest absolute Gasteiger partial charge is 0.230 e. The molecule has 0 saturated heterocycles. The van der Waals surface area contributed by atoms with Crippen LogP contribution in [-0.4, -0.2) is 27.4 Å². The summed E-state index contributed by atoms with van der Waals surface area (Å²) in [7, 11) is 0. The second-order valence-electron chi connectivity index (χ2n) is 5.50. The molecule has 0 unspecified atom stereocenters. The Morgan fingerprint density at radius 3 is 2.67 bits per heavy atom. The number of aromatic hydroxyl groups is 1. The number of ether oxygens (including phenoxy) is 1. The molecule has 6 heteroatoms. The molecule has 2 aliphatic rings. The van der Waals surface area contributed by atoms with Crippen LogP contribution in [0.2, 0.25) is 5.02 Å². The monoisotopic (exact) mass is 308 g/mol. The Bertz CT molecular complexity index is 721. The van der Waals surface area contributed by atoms with Crippen LogP contribution in [0.25, 0.3) is 0 Å². The third kappa shape index (κ3) is 1.64. The zero-order chi connectivity index (χ0) is 15.5. The molecule has 1 aromatic carbocycles. The zero-order valence-corrected chi connectivity index (χ0v) is 12.2. The van der Waals surface area contributed by atoms with Crippen molar-refractivity contribution in [2.45, 2.75) is 25.9 Å². The van der Waals surface area contributed by atoms with Crippen LogP contribution in [-0.2, 0) is 4.79 Å². The van der Waals surface area contributed by atoms with E-state index < -0.39 is 23.1 Å². The predicted molar refractivity (Wildman–Crippen MR) is 75.0 cm³/mol. The van der Waals surface area contributed by atoms with Gasteiger partial charge in [0, 0.05) is 18.4 Å². The highest BCUT2D eigenvalue weighted by atomic mass is 35.5. The van der Waals surface area contributed by atoms with E-state index in [4.69, 9.17) is 16.3 Å². The number of halogens is 1. The number of aliphatic hydroxyl groups excluding tert-OH is 1. The van der Waals surface area contributed by atoms with E-state index >= 15 is 0 Å². The van der Waals surface area contributed by atoms with Gasteiger partial charge in [0.15, 0.2) is 11.5 Å². The average molecular weight is 309 g/mol. The molecule has 3 rings (SSSR count). The van der Waals surface area contributed by atoms with Crippen LogP contribution in [0.4, 0.5) is 0 Å². The molecule has 0 fully saturated rings. The number of phenols is 1. The summed E-state index contributed by atoms with van der Waals surface area (Å²) in [5, 5.41) is 19.9. The van der Waals surface area contributed by atoms with Crippen molar-refractivity contribution in [1.82, 2.24) is 0 Å². The van der Waals surface area contributed by atoms with Crippen molar-refractivity contribution in [1.29, 1.82) is 0 Å². The van der Waals surface area contributed by atoms with Crippen LogP contribution >= 0.6 is 11.6 Å². The summed E-state index contributed by atoms with van der Waals surface area (Å²) in [6, 6.07) is 1.38. The van der Waals surface area contributed by atoms with Crippen molar-refractivity contribution in [3.05, 3.63) is 34.1 Å². The van der Waals surface area contributed by atoms with Gasteiger partial charge in [-0.1, -0.05) is 18.5 Å². The summed E-state index contributed by atoms with van der Waals surface area (Å²) in [4.78, 5) is 24.3. The fourth-order valence-electron chi connectivity index (χ4n) is 3.03. The van der Waals surface area contributed by atoms with Gasteiger partial charge in [-0.15, -0.1) is 0 Å². The van der Waals surface area contributed by atoms with Crippen LogP contribution in [0.5, 0.6) is 11.5 Å². The number of fused-ring (bicyclic) bond motifs is 1. The second-order valence-corrected chi connectivity index (χ2v) is 5.88. The Kier molecular flexibility index (Phi) is 2.82. The standard InChI is InChI=1S/C15H13ClO5/c1-6-3-9(18)12(16)13-11(6)14(20)15(21-13)7(2)4-8(17)5-10(15)19/h3,5,7,18-19H,4H2,1-2H3/t7-,15+/m1/s1. The van der Waals surface area contributed by atoms with Gasteiger partial charge >= 0.3 is 0 Å². The molecular weight excluding hydrogens is 296 g/mol. The highest BCUT2D eigenvalue weighted by Gasteiger charge is 2.58. The topological polar surface area (TPSA) is 83.8 Å². The van der Waals surface area contributed by atoms with E-state index in [1.807, 2.05) is 0 Å². The third-order valence-corrected chi connectivity index (χ3v) is 4.47. The Labute approximate surface area is 125 Å². The van der Waals surface area contributed by atoms with Gasteiger partial charge in [-0.05, 0) is 18.6 Å². The lowest BCUT2D eigenvalue weighted by Gasteiger charge is -2.34. The molecule has 0 bridgehead atoms. The number of phenolic OH excluding ortho intramolecular Hbond substituents is 1. The Morgan fingerprint density at radius 2 is 2.05 bits per heavy atom. The first-order chi connectivity index (χ1) is 9.79. The van der Waals surface area contributed by atoms with Crippen molar-refractivity contribution in [2.24, 2.45) is 5.92 Å². The van der Waals surface area contributed by atoms with Crippen LogP contribution in [0.1, 0.15) is 29.3 Å². The van der Waals surface area contributed by atoms with Crippen LogP contribution in [0.3, 0.4) is 0 Å². The number of aliphatic hydroxyl groups is 1. The highest BCUT2D eigenvalue weighted by molar-refractivity contribution is 6.35. The van der Waals surface area contributed by atoms with Gasteiger partial charge < -0.3 is 14.9 Å². The van der Waals surface area contributed by atoms with E-state index in [1.165, 1.54) is 6.07 Å². The summed E-state index contributed by atoms with van der Waals surface area (Å²) < 4.78 is 5.70. The maximum absolute atomic E-state index is 12.8. The maximum atomic E-state index is 12.8. The fourth-order valence-corrected chi connectivity index (χ4v) is 3.21. The first-order valence-corrected chi connectivity index (χ1v) is 6.86. The predicted octanol–water partition coefficient (Wildman–Crippen LogP) is 2.72. The Balaban J connectivity index is 2.26. The number of allylic oxidation sites excluding steroid dienone is 1. The lowest BCUT2D eigenvalue weighted by atomic mass is 9.75. The number of carbonyl (C=O) groups excluding carboxylic acids is 2. The molecule has 5 nitrogen and oxygen atoms in total. The van der Waals surface area contributed by atoms with Gasteiger partial charge in [-0.2, -0.15) is 0 Å². The summed E-state index contributed by atoms with van der Waals surface area (Å²) in [5.41, 5.74) is -0.886. The van der Waals surface area contributed by atoms with Crippen LogP contribution < -0.4 is 4.74 Å². The number of Topliss-reactive ketones (excluding diaryl/α,β-unsaturated/α-hetero) is 1.